The van der Waals surface area contributed by atoms with Gasteiger partial charge in [-0.05, 0) is 39.8 Å². The molecule has 2 heteroatoms. The van der Waals surface area contributed by atoms with Crippen LogP contribution in [0.25, 0.3) is 0 Å². The Balaban J connectivity index is 2.53. The van der Waals surface area contributed by atoms with E-state index in [1.165, 1.54) is 25.7 Å². The molecule has 2 unspecified atom stereocenters. The predicted octanol–water partition coefficient (Wildman–Crippen LogP) is 2.11. The second-order valence-corrected chi connectivity index (χ2v) is 5.35. The average molecular weight is 222 g/mol. The molecule has 2 atom stereocenters. The summed E-state index contributed by atoms with van der Waals surface area (Å²) in [6.07, 6.45) is 5.38. The van der Waals surface area contributed by atoms with E-state index in [4.69, 9.17) is 0 Å². The van der Waals surface area contributed by atoms with Crippen LogP contribution in [0.1, 0.15) is 39.5 Å². The third-order valence-electron chi connectivity index (χ3n) is 3.86. The van der Waals surface area contributed by atoms with Crippen molar-refractivity contribution in [2.24, 2.45) is 5.92 Å². The van der Waals surface area contributed by atoms with Gasteiger partial charge in [-0.3, -0.25) is 0 Å². The summed E-state index contributed by atoms with van der Waals surface area (Å²) in [5, 5.41) is 3.48. The average Bonchev–Trinajstić information content (AvgIpc) is 2.24. The molecule has 0 aromatic rings. The summed E-state index contributed by atoms with van der Waals surface area (Å²) in [4.78, 5) is 2.41. The molecule has 16 heavy (non-hydrogen) atoms. The molecule has 0 heterocycles. The first-order valence-electron chi connectivity index (χ1n) is 6.38. The van der Waals surface area contributed by atoms with E-state index >= 15 is 0 Å². The SMILES string of the molecule is CC#CCNCC1(N(C)C)CCCC(C)C1. The largest absolute Gasteiger partial charge is 0.304 e. The summed E-state index contributed by atoms with van der Waals surface area (Å²) in [5.74, 6) is 6.86. The van der Waals surface area contributed by atoms with E-state index in [0.717, 1.165) is 19.0 Å². The van der Waals surface area contributed by atoms with Gasteiger partial charge in [0.05, 0.1) is 6.54 Å². The third kappa shape index (κ3) is 3.50. The molecule has 0 spiro atoms. The zero-order valence-corrected chi connectivity index (χ0v) is 11.3. The fourth-order valence-corrected chi connectivity index (χ4v) is 2.80. The molecule has 0 aliphatic heterocycles. The summed E-state index contributed by atoms with van der Waals surface area (Å²) in [6.45, 7) is 6.16. The molecule has 0 bridgehead atoms. The van der Waals surface area contributed by atoms with Crippen LogP contribution in [0.2, 0.25) is 0 Å². The maximum absolute atomic E-state index is 3.48. The molecule has 1 aliphatic carbocycles. The van der Waals surface area contributed by atoms with E-state index in [1.54, 1.807) is 0 Å². The van der Waals surface area contributed by atoms with Crippen molar-refractivity contribution in [2.75, 3.05) is 27.2 Å². The van der Waals surface area contributed by atoms with Crippen LogP contribution in [0.5, 0.6) is 0 Å². The Morgan fingerprint density at radius 2 is 2.19 bits per heavy atom. The maximum atomic E-state index is 3.48. The molecule has 0 amide bonds. The lowest BCUT2D eigenvalue weighted by Crippen LogP contribution is -2.54. The van der Waals surface area contributed by atoms with E-state index in [1.807, 2.05) is 6.92 Å². The molecule has 1 saturated carbocycles. The molecule has 2 nitrogen and oxygen atoms in total. The van der Waals surface area contributed by atoms with Crippen LogP contribution in [0.15, 0.2) is 0 Å². The Hall–Kier alpha value is -0.520. The van der Waals surface area contributed by atoms with Gasteiger partial charge in [0.15, 0.2) is 0 Å². The Morgan fingerprint density at radius 3 is 2.75 bits per heavy atom. The van der Waals surface area contributed by atoms with Crippen molar-refractivity contribution in [3.63, 3.8) is 0 Å². The van der Waals surface area contributed by atoms with Crippen molar-refractivity contribution in [1.82, 2.24) is 10.2 Å². The molecule has 1 aliphatic rings. The number of likely N-dealkylation sites (N-methyl/N-ethyl adjacent to an activating group) is 1. The topological polar surface area (TPSA) is 15.3 Å². The Morgan fingerprint density at radius 1 is 1.44 bits per heavy atom. The minimum absolute atomic E-state index is 0.354. The van der Waals surface area contributed by atoms with Crippen molar-refractivity contribution < 1.29 is 0 Å². The molecular weight excluding hydrogens is 196 g/mol. The fraction of sp³-hybridized carbons (Fsp3) is 0.857. The van der Waals surface area contributed by atoms with Crippen LogP contribution >= 0.6 is 0 Å². The number of hydrogen-bond acceptors (Lipinski definition) is 2. The molecule has 1 rings (SSSR count). The Labute approximate surface area is 101 Å². The van der Waals surface area contributed by atoms with E-state index in [-0.39, 0.29) is 0 Å². The van der Waals surface area contributed by atoms with Crippen LogP contribution in [-0.2, 0) is 0 Å². The predicted molar refractivity (Wildman–Crippen MR) is 70.4 cm³/mol. The molecule has 0 aromatic heterocycles. The normalized spacial score (nSPS) is 29.9. The van der Waals surface area contributed by atoms with E-state index in [9.17, 15) is 0 Å². The highest BCUT2D eigenvalue weighted by Gasteiger charge is 2.36. The van der Waals surface area contributed by atoms with Gasteiger partial charge in [0, 0.05) is 12.1 Å². The standard InChI is InChI=1S/C14H26N2/c1-5-6-10-15-12-14(16(3)4)9-7-8-13(2)11-14/h13,15H,7-12H2,1-4H3. The van der Waals surface area contributed by atoms with E-state index in [0.29, 0.717) is 5.54 Å². The zero-order chi connectivity index (χ0) is 12.0. The van der Waals surface area contributed by atoms with Gasteiger partial charge in [-0.2, -0.15) is 0 Å². The molecule has 92 valence electrons. The van der Waals surface area contributed by atoms with Crippen LogP contribution in [0.4, 0.5) is 0 Å². The molecule has 0 saturated heterocycles. The second-order valence-electron chi connectivity index (χ2n) is 5.35. The summed E-state index contributed by atoms with van der Waals surface area (Å²) < 4.78 is 0. The van der Waals surface area contributed by atoms with Crippen LogP contribution in [0, 0.1) is 17.8 Å². The van der Waals surface area contributed by atoms with Gasteiger partial charge >= 0.3 is 0 Å². The molecule has 1 fully saturated rings. The highest BCUT2D eigenvalue weighted by molar-refractivity contribution is 5.00. The Bertz CT molecular complexity index is 262. The van der Waals surface area contributed by atoms with Gasteiger partial charge in [-0.15, -0.1) is 5.92 Å². The second kappa shape index (κ2) is 6.27. The lowest BCUT2D eigenvalue weighted by molar-refractivity contribution is 0.0764. The highest BCUT2D eigenvalue weighted by Crippen LogP contribution is 2.35. The van der Waals surface area contributed by atoms with Gasteiger partial charge in [0.2, 0.25) is 0 Å². The van der Waals surface area contributed by atoms with Crippen LogP contribution in [0.3, 0.4) is 0 Å². The fourth-order valence-electron chi connectivity index (χ4n) is 2.80. The Kier molecular flexibility index (Phi) is 5.31. The smallest absolute Gasteiger partial charge is 0.0577 e. The number of rotatable bonds is 4. The van der Waals surface area contributed by atoms with Gasteiger partial charge in [-0.25, -0.2) is 0 Å². The highest BCUT2D eigenvalue weighted by atomic mass is 15.2. The quantitative estimate of drug-likeness (QED) is 0.579. The number of hydrogen-bond donors (Lipinski definition) is 1. The van der Waals surface area contributed by atoms with Crippen molar-refractivity contribution in [3.8, 4) is 11.8 Å². The van der Waals surface area contributed by atoms with Crippen molar-refractivity contribution in [2.45, 2.75) is 45.1 Å². The molecule has 0 radical (unpaired) electrons. The number of nitrogens with one attached hydrogen (secondary N) is 1. The monoisotopic (exact) mass is 222 g/mol. The maximum Gasteiger partial charge on any atom is 0.0577 e. The van der Waals surface area contributed by atoms with E-state index in [2.05, 4.69) is 43.1 Å². The third-order valence-corrected chi connectivity index (χ3v) is 3.86. The van der Waals surface area contributed by atoms with Gasteiger partial charge in [0.1, 0.15) is 0 Å². The summed E-state index contributed by atoms with van der Waals surface area (Å²) in [5.41, 5.74) is 0.354. The molecule has 0 aromatic carbocycles. The van der Waals surface area contributed by atoms with Gasteiger partial charge in [-0.1, -0.05) is 25.7 Å². The molecular formula is C14H26N2. The number of nitrogens with zero attached hydrogens (tertiary/aromatic N) is 1. The summed E-state index contributed by atoms with van der Waals surface area (Å²) in [7, 11) is 4.43. The van der Waals surface area contributed by atoms with Crippen LogP contribution < -0.4 is 5.32 Å². The lowest BCUT2D eigenvalue weighted by atomic mass is 9.75. The summed E-state index contributed by atoms with van der Waals surface area (Å²) >= 11 is 0. The zero-order valence-electron chi connectivity index (χ0n) is 11.3. The lowest BCUT2D eigenvalue weighted by Gasteiger charge is -2.45. The minimum Gasteiger partial charge on any atom is -0.304 e. The van der Waals surface area contributed by atoms with Crippen molar-refractivity contribution in [3.05, 3.63) is 0 Å². The van der Waals surface area contributed by atoms with Gasteiger partial charge in [0.25, 0.3) is 0 Å². The first-order valence-corrected chi connectivity index (χ1v) is 6.38. The minimum atomic E-state index is 0.354. The summed E-state index contributed by atoms with van der Waals surface area (Å²) in [6, 6.07) is 0. The van der Waals surface area contributed by atoms with Crippen molar-refractivity contribution >= 4 is 0 Å². The first-order chi connectivity index (χ1) is 7.60. The van der Waals surface area contributed by atoms with E-state index < -0.39 is 0 Å². The molecule has 1 N–H and O–H groups in total. The van der Waals surface area contributed by atoms with Crippen LogP contribution in [-0.4, -0.2) is 37.6 Å². The first kappa shape index (κ1) is 13.5. The van der Waals surface area contributed by atoms with Crippen molar-refractivity contribution in [1.29, 1.82) is 0 Å². The van der Waals surface area contributed by atoms with Gasteiger partial charge < -0.3 is 10.2 Å².